The molecule has 44 heavy (non-hydrogen) atoms. The lowest BCUT2D eigenvalue weighted by Crippen LogP contribution is -2.31. The normalized spacial score (nSPS) is 15.7. The number of phosphoric ester groups is 1. The zero-order chi connectivity index (χ0) is 32.5. The fraction of sp³-hybridized carbons (Fsp3) is 0.531. The first kappa shape index (κ1) is 33.6. The number of nitrogens with one attached hydrogen (secondary N) is 2. The van der Waals surface area contributed by atoms with Crippen LogP contribution in [0.2, 0.25) is 0 Å². The van der Waals surface area contributed by atoms with E-state index in [2.05, 4.69) is 54.7 Å². The molecule has 0 aliphatic heterocycles. The Bertz CT molecular complexity index is 1540. The largest absolute Gasteiger partial charge is 0.475 e. The van der Waals surface area contributed by atoms with Crippen LogP contribution in [0.1, 0.15) is 91.5 Å². The van der Waals surface area contributed by atoms with Crippen LogP contribution in [0.4, 0.5) is 15.3 Å². The summed E-state index contributed by atoms with van der Waals surface area (Å²) in [5.74, 6) is 0. The molecule has 0 saturated heterocycles. The van der Waals surface area contributed by atoms with E-state index < -0.39 is 25.1 Å². The highest BCUT2D eigenvalue weighted by atomic mass is 31.2. The number of fused-ring (bicyclic) bond motifs is 2. The summed E-state index contributed by atoms with van der Waals surface area (Å²) in [7, 11) is -3.94. The molecule has 0 spiro atoms. The smallest absolute Gasteiger partial charge is 0.445 e. The van der Waals surface area contributed by atoms with Crippen molar-refractivity contribution in [3.63, 3.8) is 0 Å². The monoisotopic (exact) mass is 628 g/mol. The quantitative estimate of drug-likeness (QED) is 0.190. The van der Waals surface area contributed by atoms with Crippen LogP contribution < -0.4 is 10.6 Å². The molecule has 1 aromatic heterocycles. The van der Waals surface area contributed by atoms with Gasteiger partial charge in [0.15, 0.2) is 0 Å². The van der Waals surface area contributed by atoms with Gasteiger partial charge in [0.1, 0.15) is 6.61 Å². The fourth-order valence-electron chi connectivity index (χ4n) is 4.94. The molecule has 0 radical (unpaired) electrons. The second-order valence-electron chi connectivity index (χ2n) is 14.0. The maximum atomic E-state index is 13.2. The van der Waals surface area contributed by atoms with Crippen LogP contribution in [0.15, 0.2) is 42.6 Å². The Morgan fingerprint density at radius 1 is 0.977 bits per heavy atom. The minimum absolute atomic E-state index is 0.0629. The van der Waals surface area contributed by atoms with Crippen LogP contribution in [0.3, 0.4) is 0 Å². The van der Waals surface area contributed by atoms with Gasteiger partial charge in [0.2, 0.25) is 0 Å². The summed E-state index contributed by atoms with van der Waals surface area (Å²) in [5, 5.41) is 10.7. The van der Waals surface area contributed by atoms with Crippen molar-refractivity contribution < 1.29 is 32.5 Å². The molecule has 2 amide bonds. The van der Waals surface area contributed by atoms with Crippen molar-refractivity contribution in [1.82, 2.24) is 15.1 Å². The van der Waals surface area contributed by atoms with Crippen molar-refractivity contribution >= 4 is 36.5 Å². The number of aryl methyl sites for hydroxylation is 1. The minimum Gasteiger partial charge on any atom is -0.445 e. The number of phosphoric acid groups is 1. The fourth-order valence-corrected chi connectivity index (χ4v) is 6.72. The first-order valence-electron chi connectivity index (χ1n) is 14.8. The van der Waals surface area contributed by atoms with Crippen LogP contribution >= 0.6 is 7.82 Å². The number of hydrogen-bond donors (Lipinski definition) is 2. The Balaban J connectivity index is 1.37. The number of ether oxygens (including phenoxy) is 1. The van der Waals surface area contributed by atoms with Gasteiger partial charge in [-0.2, -0.15) is 9.78 Å². The van der Waals surface area contributed by atoms with Crippen LogP contribution in [0.25, 0.3) is 10.9 Å². The summed E-state index contributed by atoms with van der Waals surface area (Å²) in [5.41, 5.74) is 3.12. The van der Waals surface area contributed by atoms with Crippen molar-refractivity contribution in [2.75, 3.05) is 18.5 Å². The first-order chi connectivity index (χ1) is 20.3. The molecule has 12 heteroatoms. The van der Waals surface area contributed by atoms with Crippen molar-refractivity contribution in [2.45, 2.75) is 97.8 Å². The van der Waals surface area contributed by atoms with Gasteiger partial charge >= 0.3 is 19.9 Å². The molecule has 0 fully saturated rings. The summed E-state index contributed by atoms with van der Waals surface area (Å²) < 4.78 is 36.2. The molecular formula is C32H45N4O7P. The Labute approximate surface area is 259 Å². The molecule has 0 unspecified atom stereocenters. The number of nitrogens with zero attached hydrogens (tertiary/aromatic N) is 2. The van der Waals surface area contributed by atoms with E-state index in [1.807, 2.05) is 0 Å². The van der Waals surface area contributed by atoms with Crippen molar-refractivity contribution in [2.24, 2.45) is 0 Å². The number of amides is 2. The lowest BCUT2D eigenvalue weighted by Gasteiger charge is -2.30. The highest BCUT2D eigenvalue weighted by Crippen LogP contribution is 2.55. The molecule has 2 aromatic carbocycles. The van der Waals surface area contributed by atoms with Gasteiger partial charge in [0.25, 0.3) is 0 Å². The SMILES string of the molecule is CC(C)(C)OP(=O)(OCCOC(=O)n1ncc2c(NC(=O)N[C@@H]3CCc4cc(C(C)(C)C)ccc43)cccc21)OC(C)(C)C. The highest BCUT2D eigenvalue weighted by Gasteiger charge is 2.37. The van der Waals surface area contributed by atoms with Gasteiger partial charge in [-0.3, -0.25) is 13.6 Å². The summed E-state index contributed by atoms with van der Waals surface area (Å²) in [4.78, 5) is 25.9. The van der Waals surface area contributed by atoms with E-state index in [-0.39, 0.29) is 30.7 Å². The van der Waals surface area contributed by atoms with Crippen molar-refractivity contribution in [3.8, 4) is 0 Å². The van der Waals surface area contributed by atoms with E-state index in [0.717, 1.165) is 23.1 Å². The van der Waals surface area contributed by atoms with E-state index in [1.54, 1.807) is 59.7 Å². The molecule has 0 bridgehead atoms. The molecular weight excluding hydrogens is 583 g/mol. The zero-order valence-electron chi connectivity index (χ0n) is 27.1. The predicted molar refractivity (Wildman–Crippen MR) is 170 cm³/mol. The third-order valence-electron chi connectivity index (χ3n) is 6.76. The van der Waals surface area contributed by atoms with E-state index in [0.29, 0.717) is 16.6 Å². The molecule has 11 nitrogen and oxygen atoms in total. The number of benzene rings is 2. The molecule has 4 rings (SSSR count). The third-order valence-corrected chi connectivity index (χ3v) is 8.80. The van der Waals surface area contributed by atoms with Crippen molar-refractivity contribution in [1.29, 1.82) is 0 Å². The maximum absolute atomic E-state index is 13.2. The molecule has 0 saturated carbocycles. The number of carbonyl (C=O) groups excluding carboxylic acids is 2. The highest BCUT2D eigenvalue weighted by molar-refractivity contribution is 7.48. The lowest BCUT2D eigenvalue weighted by atomic mass is 9.85. The molecule has 1 atom stereocenters. The van der Waals surface area contributed by atoms with Gasteiger partial charge in [-0.05, 0) is 88.6 Å². The number of carbonyl (C=O) groups is 2. The molecule has 3 aromatic rings. The van der Waals surface area contributed by atoms with Gasteiger partial charge in [-0.15, -0.1) is 0 Å². The second-order valence-corrected chi connectivity index (χ2v) is 15.5. The molecule has 2 N–H and O–H groups in total. The van der Waals surface area contributed by atoms with E-state index in [4.69, 9.17) is 18.3 Å². The van der Waals surface area contributed by atoms with Crippen LogP contribution in [-0.4, -0.2) is 46.3 Å². The Kier molecular flexibility index (Phi) is 9.66. The summed E-state index contributed by atoms with van der Waals surface area (Å²) in [6, 6.07) is 11.2. The average molecular weight is 629 g/mol. The van der Waals surface area contributed by atoms with E-state index in [9.17, 15) is 14.2 Å². The van der Waals surface area contributed by atoms with Crippen LogP contribution in [0.5, 0.6) is 0 Å². The Hall–Kier alpha value is -3.24. The van der Waals surface area contributed by atoms with Crippen LogP contribution in [-0.2, 0) is 34.7 Å². The molecule has 1 heterocycles. The minimum atomic E-state index is -3.94. The number of rotatable bonds is 8. The van der Waals surface area contributed by atoms with Crippen molar-refractivity contribution in [3.05, 3.63) is 59.3 Å². The van der Waals surface area contributed by atoms with Gasteiger partial charge in [-0.1, -0.05) is 45.0 Å². The molecule has 1 aliphatic rings. The molecule has 240 valence electrons. The summed E-state index contributed by atoms with van der Waals surface area (Å²) in [6.07, 6.45) is 2.47. The number of urea groups is 1. The summed E-state index contributed by atoms with van der Waals surface area (Å²) in [6.45, 7) is 16.6. The molecule has 1 aliphatic carbocycles. The average Bonchev–Trinajstić information content (AvgIpc) is 3.48. The Morgan fingerprint density at radius 2 is 1.66 bits per heavy atom. The topological polar surface area (TPSA) is 130 Å². The van der Waals surface area contributed by atoms with Gasteiger partial charge in [0, 0.05) is 5.39 Å². The predicted octanol–water partition coefficient (Wildman–Crippen LogP) is 7.88. The van der Waals surface area contributed by atoms with E-state index >= 15 is 0 Å². The van der Waals surface area contributed by atoms with Gasteiger partial charge in [0.05, 0.1) is 41.3 Å². The Morgan fingerprint density at radius 3 is 2.30 bits per heavy atom. The van der Waals surface area contributed by atoms with Gasteiger partial charge < -0.3 is 15.4 Å². The zero-order valence-corrected chi connectivity index (χ0v) is 28.0. The maximum Gasteiger partial charge on any atom is 0.475 e. The van der Waals surface area contributed by atoms with E-state index in [1.165, 1.54) is 17.3 Å². The standard InChI is InChI=1S/C32H45N4O7P/c1-30(2,3)22-14-15-23-21(19-22)13-16-26(23)35-28(37)34-25-11-10-12-27-24(25)20-33-36(27)29(38)40-17-18-41-44(39,42-31(4,5)6)43-32(7,8)9/h10-12,14-15,19-20,26H,13,16-18H2,1-9H3,(H2,34,35,37)/t26-/m1/s1. The first-order valence-corrected chi connectivity index (χ1v) is 16.3. The number of anilines is 1. The second kappa shape index (κ2) is 12.6. The van der Waals surface area contributed by atoms with Crippen LogP contribution in [0, 0.1) is 0 Å². The van der Waals surface area contributed by atoms with Gasteiger partial charge in [-0.25, -0.2) is 14.2 Å². The number of hydrogen-bond acceptors (Lipinski definition) is 8. The lowest BCUT2D eigenvalue weighted by molar-refractivity contribution is -0.00204. The number of aromatic nitrogens is 2. The third kappa shape index (κ3) is 8.69. The summed E-state index contributed by atoms with van der Waals surface area (Å²) >= 11 is 0.